The van der Waals surface area contributed by atoms with Crippen LogP contribution in [0.5, 0.6) is 0 Å². The molecule has 0 amide bonds. The lowest BCUT2D eigenvalue weighted by atomic mass is 10.2. The molecule has 0 bridgehead atoms. The van der Waals surface area contributed by atoms with Crippen LogP contribution >= 0.6 is 0 Å². The summed E-state index contributed by atoms with van der Waals surface area (Å²) >= 11 is 0. The van der Waals surface area contributed by atoms with Crippen LogP contribution in [-0.4, -0.2) is 21.1 Å². The summed E-state index contributed by atoms with van der Waals surface area (Å²) in [5.41, 5.74) is 2.52. The number of carbonyl (C=O) groups is 1. The minimum absolute atomic E-state index is 0.551. The zero-order chi connectivity index (χ0) is 12.4. The van der Waals surface area contributed by atoms with Crippen LogP contribution < -0.4 is 0 Å². The lowest BCUT2D eigenvalue weighted by Crippen LogP contribution is -2.05. The Morgan fingerprint density at radius 1 is 1.17 bits per heavy atom. The van der Waals surface area contributed by atoms with Gasteiger partial charge in [0.05, 0.1) is 17.9 Å². The molecule has 0 aliphatic heterocycles. The molecule has 0 saturated carbocycles. The first-order valence-electron chi connectivity index (χ1n) is 5.68. The normalized spacial score (nSPS) is 10.7. The Morgan fingerprint density at radius 2 is 2.06 bits per heavy atom. The maximum Gasteiger partial charge on any atom is 0.166 e. The average Bonchev–Trinajstić information content (AvgIpc) is 2.78. The topological polar surface area (TPSA) is 47.8 Å². The molecule has 0 spiro atoms. The second kappa shape index (κ2) is 4.41. The highest BCUT2D eigenvalue weighted by molar-refractivity contribution is 5.88. The largest absolute Gasteiger partial charge is 0.332 e. The fourth-order valence-corrected chi connectivity index (χ4v) is 2.09. The van der Waals surface area contributed by atoms with Crippen LogP contribution in [0, 0.1) is 0 Å². The van der Waals surface area contributed by atoms with Crippen molar-refractivity contribution < 1.29 is 4.79 Å². The van der Waals surface area contributed by atoms with Gasteiger partial charge in [-0.05, 0) is 24.3 Å². The lowest BCUT2D eigenvalue weighted by Gasteiger charge is -2.06. The predicted octanol–water partition coefficient (Wildman–Crippen LogP) is 2.29. The van der Waals surface area contributed by atoms with Crippen molar-refractivity contribution in [2.75, 3.05) is 0 Å². The van der Waals surface area contributed by atoms with Gasteiger partial charge in [0, 0.05) is 17.1 Å². The van der Waals surface area contributed by atoms with E-state index in [1.54, 1.807) is 6.20 Å². The van der Waals surface area contributed by atoms with Gasteiger partial charge in [0.2, 0.25) is 0 Å². The predicted molar refractivity (Wildman–Crippen MR) is 68.5 cm³/mol. The molecule has 0 saturated heterocycles. The molecular weight excluding hydrogens is 226 g/mol. The van der Waals surface area contributed by atoms with E-state index in [2.05, 4.69) is 10.2 Å². The van der Waals surface area contributed by atoms with Gasteiger partial charge in [0.25, 0.3) is 0 Å². The van der Waals surface area contributed by atoms with Gasteiger partial charge < -0.3 is 4.57 Å². The van der Waals surface area contributed by atoms with Gasteiger partial charge in [-0.1, -0.05) is 18.2 Å². The molecule has 4 heteroatoms. The van der Waals surface area contributed by atoms with E-state index < -0.39 is 0 Å². The van der Waals surface area contributed by atoms with E-state index in [4.69, 9.17) is 0 Å². The lowest BCUT2D eigenvalue weighted by molar-refractivity contribution is 0.111. The molecule has 18 heavy (non-hydrogen) atoms. The maximum absolute atomic E-state index is 11.1. The molecule has 0 N–H and O–H groups in total. The Labute approximate surface area is 104 Å². The molecule has 0 fully saturated rings. The number of rotatable bonds is 3. The summed E-state index contributed by atoms with van der Waals surface area (Å²) in [6.45, 7) is 0.551. The van der Waals surface area contributed by atoms with E-state index in [0.29, 0.717) is 12.2 Å². The third-order valence-electron chi connectivity index (χ3n) is 2.91. The van der Waals surface area contributed by atoms with Gasteiger partial charge in [0.1, 0.15) is 0 Å². The van der Waals surface area contributed by atoms with Gasteiger partial charge in [-0.25, -0.2) is 0 Å². The van der Waals surface area contributed by atoms with Gasteiger partial charge in [0.15, 0.2) is 6.29 Å². The summed E-state index contributed by atoms with van der Waals surface area (Å²) in [7, 11) is 0. The SMILES string of the molecule is O=Cc1cc2ccccc2n1Cc1cccnn1. The third-order valence-corrected chi connectivity index (χ3v) is 2.91. The number of nitrogens with zero attached hydrogens (tertiary/aromatic N) is 3. The van der Waals surface area contributed by atoms with Crippen molar-refractivity contribution in [3.05, 3.63) is 60.0 Å². The average molecular weight is 237 g/mol. The van der Waals surface area contributed by atoms with Crippen LogP contribution in [0.15, 0.2) is 48.7 Å². The number of para-hydroxylation sites is 1. The first-order valence-corrected chi connectivity index (χ1v) is 5.68. The van der Waals surface area contributed by atoms with E-state index in [-0.39, 0.29) is 0 Å². The summed E-state index contributed by atoms with van der Waals surface area (Å²) in [6.07, 6.45) is 2.51. The van der Waals surface area contributed by atoms with Gasteiger partial charge >= 0.3 is 0 Å². The quantitative estimate of drug-likeness (QED) is 0.657. The van der Waals surface area contributed by atoms with Crippen molar-refractivity contribution in [1.82, 2.24) is 14.8 Å². The Morgan fingerprint density at radius 3 is 2.83 bits per heavy atom. The fraction of sp³-hybridized carbons (Fsp3) is 0.0714. The monoisotopic (exact) mass is 237 g/mol. The molecule has 0 radical (unpaired) electrons. The van der Waals surface area contributed by atoms with Crippen molar-refractivity contribution in [3.8, 4) is 0 Å². The molecule has 0 aliphatic carbocycles. The summed E-state index contributed by atoms with van der Waals surface area (Å²) < 4.78 is 1.95. The smallest absolute Gasteiger partial charge is 0.166 e. The Hall–Kier alpha value is -2.49. The molecule has 3 rings (SSSR count). The van der Waals surface area contributed by atoms with Crippen LogP contribution in [0.25, 0.3) is 10.9 Å². The van der Waals surface area contributed by atoms with Crippen molar-refractivity contribution in [1.29, 1.82) is 0 Å². The van der Waals surface area contributed by atoms with Crippen molar-refractivity contribution in [3.63, 3.8) is 0 Å². The van der Waals surface area contributed by atoms with Crippen LogP contribution in [-0.2, 0) is 6.54 Å². The Kier molecular flexibility index (Phi) is 2.61. The number of aldehydes is 1. The molecule has 88 valence electrons. The van der Waals surface area contributed by atoms with Crippen molar-refractivity contribution in [2.45, 2.75) is 6.54 Å². The van der Waals surface area contributed by atoms with E-state index in [1.165, 1.54) is 0 Å². The summed E-state index contributed by atoms with van der Waals surface area (Å²) in [5.74, 6) is 0. The molecule has 0 aliphatic rings. The number of hydrogen-bond donors (Lipinski definition) is 0. The number of aromatic nitrogens is 3. The Bertz CT molecular complexity index is 689. The maximum atomic E-state index is 11.1. The van der Waals surface area contributed by atoms with Crippen LogP contribution in [0.4, 0.5) is 0 Å². The number of fused-ring (bicyclic) bond motifs is 1. The molecular formula is C14H11N3O. The minimum atomic E-state index is 0.551. The van der Waals surface area contributed by atoms with Crippen LogP contribution in [0.3, 0.4) is 0 Å². The minimum Gasteiger partial charge on any atom is -0.332 e. The standard InChI is InChI=1S/C14H11N3O/c18-10-13-8-11-4-1-2-6-14(11)17(13)9-12-5-3-7-15-16-12/h1-8,10H,9H2. The molecule has 1 aromatic carbocycles. The number of benzene rings is 1. The summed E-state index contributed by atoms with van der Waals surface area (Å²) in [5, 5.41) is 8.96. The second-order valence-corrected chi connectivity index (χ2v) is 4.05. The zero-order valence-electron chi connectivity index (χ0n) is 9.65. The van der Waals surface area contributed by atoms with E-state index >= 15 is 0 Å². The summed E-state index contributed by atoms with van der Waals surface area (Å²) in [4.78, 5) is 11.1. The number of hydrogen-bond acceptors (Lipinski definition) is 3. The molecule has 3 aromatic rings. The van der Waals surface area contributed by atoms with E-state index in [9.17, 15) is 4.79 Å². The second-order valence-electron chi connectivity index (χ2n) is 4.05. The fourth-order valence-electron chi connectivity index (χ4n) is 2.09. The van der Waals surface area contributed by atoms with E-state index in [0.717, 1.165) is 22.9 Å². The first kappa shape index (κ1) is 10.7. The highest BCUT2D eigenvalue weighted by atomic mass is 16.1. The third kappa shape index (κ3) is 1.78. The molecule has 4 nitrogen and oxygen atoms in total. The van der Waals surface area contributed by atoms with Crippen LogP contribution in [0.1, 0.15) is 16.2 Å². The van der Waals surface area contributed by atoms with Crippen LogP contribution in [0.2, 0.25) is 0 Å². The Balaban J connectivity index is 2.12. The highest BCUT2D eigenvalue weighted by Gasteiger charge is 2.08. The zero-order valence-corrected chi connectivity index (χ0v) is 9.65. The first-order chi connectivity index (χ1) is 8.88. The van der Waals surface area contributed by atoms with Crippen molar-refractivity contribution in [2.24, 2.45) is 0 Å². The molecule has 2 aromatic heterocycles. The molecule has 0 atom stereocenters. The summed E-state index contributed by atoms with van der Waals surface area (Å²) in [6, 6.07) is 13.5. The number of carbonyl (C=O) groups excluding carboxylic acids is 1. The van der Waals surface area contributed by atoms with Gasteiger partial charge in [-0.15, -0.1) is 0 Å². The van der Waals surface area contributed by atoms with Gasteiger partial charge in [-0.3, -0.25) is 4.79 Å². The molecule has 2 heterocycles. The van der Waals surface area contributed by atoms with Gasteiger partial charge in [-0.2, -0.15) is 10.2 Å². The van der Waals surface area contributed by atoms with E-state index in [1.807, 2.05) is 47.0 Å². The molecule has 0 unspecified atom stereocenters. The highest BCUT2D eigenvalue weighted by Crippen LogP contribution is 2.19. The van der Waals surface area contributed by atoms with Crippen molar-refractivity contribution >= 4 is 17.2 Å².